The molecular formula is C11H18N4O6. The highest BCUT2D eigenvalue weighted by Gasteiger charge is 2.34. The van der Waals surface area contributed by atoms with Crippen molar-refractivity contribution in [3.8, 4) is 0 Å². The van der Waals surface area contributed by atoms with Crippen LogP contribution in [0.25, 0.3) is 0 Å². The maximum absolute atomic E-state index is 11.7. The minimum atomic E-state index is -1.20. The van der Waals surface area contributed by atoms with Gasteiger partial charge in [0.05, 0.1) is 11.0 Å². The van der Waals surface area contributed by atoms with Gasteiger partial charge < -0.3 is 15.2 Å². The van der Waals surface area contributed by atoms with Crippen molar-refractivity contribution in [2.45, 2.75) is 45.9 Å². The summed E-state index contributed by atoms with van der Waals surface area (Å²) in [7, 11) is 0. The van der Waals surface area contributed by atoms with Crippen LogP contribution >= 0.6 is 0 Å². The Kier molecular flexibility index (Phi) is 5.44. The number of likely N-dealkylation sites (tertiary alicyclic amines) is 1. The molecule has 1 heterocycles. The molecule has 118 valence electrons. The van der Waals surface area contributed by atoms with Crippen LogP contribution in [0.1, 0.15) is 33.6 Å². The Hall–Kier alpha value is -2.39. The van der Waals surface area contributed by atoms with Crippen LogP contribution in [0.4, 0.5) is 0 Å². The molecule has 0 aromatic heterocycles. The van der Waals surface area contributed by atoms with Crippen LogP contribution in [0.5, 0.6) is 0 Å². The first-order valence-electron chi connectivity index (χ1n) is 6.41. The average molecular weight is 302 g/mol. The highest BCUT2D eigenvalue weighted by molar-refractivity contribution is 6.02. The van der Waals surface area contributed by atoms with Crippen molar-refractivity contribution in [1.82, 2.24) is 9.91 Å². The standard InChI is InChI=1S/C11H18N4O6/c1-7(2)13(6-11(18)19)15(20)12-21-8(3)14-9(16)4-5-10(14)17/h7-8H,4-6H2,1-3H3,(H,18,19)/b15-12-. The first kappa shape index (κ1) is 16.7. The molecule has 1 N–H and O–H groups in total. The maximum atomic E-state index is 11.7. The molecule has 1 unspecified atom stereocenters. The van der Waals surface area contributed by atoms with Crippen LogP contribution < -0.4 is 0 Å². The van der Waals surface area contributed by atoms with Gasteiger partial charge in [-0.05, 0) is 20.8 Å². The maximum Gasteiger partial charge on any atom is 0.329 e. The van der Waals surface area contributed by atoms with E-state index in [1.165, 1.54) is 6.92 Å². The number of hydrogen-bond donors (Lipinski definition) is 1. The topological polar surface area (TPSA) is 126 Å². The van der Waals surface area contributed by atoms with Gasteiger partial charge in [-0.2, -0.15) is 0 Å². The molecule has 0 spiro atoms. The van der Waals surface area contributed by atoms with Gasteiger partial charge in [-0.3, -0.25) is 14.4 Å². The smallest absolute Gasteiger partial charge is 0.329 e. The Morgan fingerprint density at radius 1 is 1.43 bits per heavy atom. The highest BCUT2D eigenvalue weighted by Crippen LogP contribution is 2.16. The molecule has 0 aromatic carbocycles. The number of hydrogen-bond acceptors (Lipinski definition) is 6. The molecule has 21 heavy (non-hydrogen) atoms. The third-order valence-electron chi connectivity index (χ3n) is 2.84. The fraction of sp³-hybridized carbons (Fsp3) is 0.727. The van der Waals surface area contributed by atoms with E-state index in [4.69, 9.17) is 9.94 Å². The molecule has 10 heteroatoms. The Labute approximate surface area is 121 Å². The Morgan fingerprint density at radius 3 is 2.38 bits per heavy atom. The van der Waals surface area contributed by atoms with Gasteiger partial charge in [0.25, 0.3) is 0 Å². The predicted octanol–water partition coefficient (Wildman–Crippen LogP) is 0.0855. The van der Waals surface area contributed by atoms with E-state index in [9.17, 15) is 19.6 Å². The van der Waals surface area contributed by atoms with E-state index in [0.717, 1.165) is 9.91 Å². The van der Waals surface area contributed by atoms with Crippen molar-refractivity contribution < 1.29 is 29.3 Å². The van der Waals surface area contributed by atoms with Crippen LogP contribution in [-0.4, -0.2) is 56.6 Å². The lowest BCUT2D eigenvalue weighted by atomic mass is 10.4. The Morgan fingerprint density at radius 2 is 1.95 bits per heavy atom. The SMILES string of the molecule is CC(O/N=[N+](\[O-])N(CC(=O)O)C(C)C)N1C(=O)CCC1=O. The van der Waals surface area contributed by atoms with Crippen molar-refractivity contribution in [1.29, 1.82) is 0 Å². The Bertz CT molecular complexity index is 448. The van der Waals surface area contributed by atoms with E-state index in [-0.39, 0.29) is 17.8 Å². The van der Waals surface area contributed by atoms with Gasteiger partial charge in [0, 0.05) is 12.8 Å². The summed E-state index contributed by atoms with van der Waals surface area (Å²) in [6, 6.07) is -0.420. The van der Waals surface area contributed by atoms with Crippen molar-refractivity contribution in [3.05, 3.63) is 5.21 Å². The van der Waals surface area contributed by atoms with Crippen molar-refractivity contribution in [2.75, 3.05) is 6.54 Å². The highest BCUT2D eigenvalue weighted by atomic mass is 16.7. The lowest BCUT2D eigenvalue weighted by Gasteiger charge is -2.21. The second kappa shape index (κ2) is 6.86. The number of imide groups is 1. The normalized spacial score (nSPS) is 17.3. The van der Waals surface area contributed by atoms with Gasteiger partial charge in [0.2, 0.25) is 23.3 Å². The summed E-state index contributed by atoms with van der Waals surface area (Å²) in [5.74, 6) is -1.99. The lowest BCUT2D eigenvalue weighted by molar-refractivity contribution is -0.716. The zero-order chi connectivity index (χ0) is 16.2. The van der Waals surface area contributed by atoms with E-state index < -0.39 is 36.6 Å². The average Bonchev–Trinajstić information content (AvgIpc) is 2.72. The quantitative estimate of drug-likeness (QED) is 0.305. The summed E-state index contributed by atoms with van der Waals surface area (Å²) in [5, 5.41) is 24.5. The van der Waals surface area contributed by atoms with Gasteiger partial charge in [-0.1, -0.05) is 0 Å². The molecule has 0 radical (unpaired) electrons. The number of amides is 2. The molecule has 0 bridgehead atoms. The number of nitrogens with zero attached hydrogens (tertiary/aromatic N) is 4. The van der Waals surface area contributed by atoms with Crippen LogP contribution in [-0.2, 0) is 19.2 Å². The number of hydrazine groups is 1. The van der Waals surface area contributed by atoms with Crippen LogP contribution in [0, 0.1) is 5.21 Å². The van der Waals surface area contributed by atoms with E-state index in [0.29, 0.717) is 0 Å². The third kappa shape index (κ3) is 4.29. The van der Waals surface area contributed by atoms with E-state index in [1.54, 1.807) is 13.8 Å². The van der Waals surface area contributed by atoms with Gasteiger partial charge in [0.1, 0.15) is 0 Å². The fourth-order valence-corrected chi connectivity index (χ4v) is 1.78. The van der Waals surface area contributed by atoms with Crippen molar-refractivity contribution in [2.24, 2.45) is 5.28 Å². The van der Waals surface area contributed by atoms with E-state index in [1.807, 2.05) is 0 Å². The molecular weight excluding hydrogens is 284 g/mol. The van der Waals surface area contributed by atoms with E-state index >= 15 is 0 Å². The van der Waals surface area contributed by atoms with Gasteiger partial charge >= 0.3 is 5.97 Å². The molecule has 1 rings (SSSR count). The number of rotatable bonds is 7. The summed E-state index contributed by atoms with van der Waals surface area (Å²) in [5.41, 5.74) is 0. The molecule has 1 saturated heterocycles. The van der Waals surface area contributed by atoms with Crippen LogP contribution in [0.15, 0.2) is 5.28 Å². The van der Waals surface area contributed by atoms with E-state index in [2.05, 4.69) is 5.28 Å². The summed E-state index contributed by atoms with van der Waals surface area (Å²) in [6.07, 6.45) is -0.821. The zero-order valence-electron chi connectivity index (χ0n) is 12.1. The number of carbonyl (C=O) groups is 3. The van der Waals surface area contributed by atoms with Crippen molar-refractivity contribution in [3.63, 3.8) is 0 Å². The molecule has 1 aliphatic heterocycles. The summed E-state index contributed by atoms with van der Waals surface area (Å²) in [4.78, 5) is 39.3. The number of carboxylic acid groups (broad SMARTS) is 1. The lowest BCUT2D eigenvalue weighted by Crippen LogP contribution is -2.42. The first-order valence-corrected chi connectivity index (χ1v) is 6.41. The molecule has 0 saturated carbocycles. The van der Waals surface area contributed by atoms with Crippen LogP contribution in [0.3, 0.4) is 0 Å². The second-order valence-electron chi connectivity index (χ2n) is 4.78. The van der Waals surface area contributed by atoms with Crippen molar-refractivity contribution >= 4 is 17.8 Å². The number of carbonyl (C=O) groups excluding carboxylic acids is 2. The molecule has 1 atom stereocenters. The second-order valence-corrected chi connectivity index (χ2v) is 4.78. The monoisotopic (exact) mass is 302 g/mol. The van der Waals surface area contributed by atoms with Gasteiger partial charge in [-0.25, -0.2) is 4.90 Å². The zero-order valence-corrected chi connectivity index (χ0v) is 12.1. The molecule has 0 aliphatic carbocycles. The summed E-state index contributed by atoms with van der Waals surface area (Å²) in [6.45, 7) is 4.07. The van der Waals surface area contributed by atoms with Gasteiger partial charge in [-0.15, -0.1) is 5.01 Å². The van der Waals surface area contributed by atoms with Crippen LogP contribution in [0.2, 0.25) is 0 Å². The molecule has 2 amide bonds. The fourth-order valence-electron chi connectivity index (χ4n) is 1.78. The predicted molar refractivity (Wildman–Crippen MR) is 67.2 cm³/mol. The number of carboxylic acids is 1. The molecule has 10 nitrogen and oxygen atoms in total. The van der Waals surface area contributed by atoms with Gasteiger partial charge in [0.15, 0.2) is 6.54 Å². The molecule has 0 aromatic rings. The largest absolute Gasteiger partial charge is 0.569 e. The number of aliphatic carboxylic acids is 1. The first-order chi connectivity index (χ1) is 9.73. The summed E-state index contributed by atoms with van der Waals surface area (Å²) >= 11 is 0. The Balaban J connectivity index is 2.70. The minimum absolute atomic E-state index is 0.000308. The minimum Gasteiger partial charge on any atom is -0.569 e. The third-order valence-corrected chi connectivity index (χ3v) is 2.84. The molecule has 1 aliphatic rings. The summed E-state index contributed by atoms with van der Waals surface area (Å²) < 4.78 is 0. The molecule has 1 fully saturated rings.